The van der Waals surface area contributed by atoms with Gasteiger partial charge in [-0.1, -0.05) is 12.1 Å². The highest BCUT2D eigenvalue weighted by molar-refractivity contribution is 7.86. The van der Waals surface area contributed by atoms with Crippen LogP contribution < -0.4 is 20.7 Å². The number of azo groups is 2. The number of halogens is 1. The highest BCUT2D eigenvalue weighted by atomic mass is 35.5. The van der Waals surface area contributed by atoms with Crippen molar-refractivity contribution in [3.63, 3.8) is 0 Å². The fraction of sp³-hybridized carbons (Fsp3) is 0.129. The van der Waals surface area contributed by atoms with Gasteiger partial charge in [-0.15, -0.1) is 0 Å². The maximum Gasteiger partial charge on any atom is 0.294 e. The second kappa shape index (κ2) is 17.2. The number of hydrogen-bond donors (Lipinski definition) is 5. The van der Waals surface area contributed by atoms with E-state index < -0.39 is 36.1 Å². The first-order valence-electron chi connectivity index (χ1n) is 15.3. The lowest BCUT2D eigenvalue weighted by Crippen LogP contribution is -2.26. The number of benzene rings is 4. The van der Waals surface area contributed by atoms with Gasteiger partial charge in [0.25, 0.3) is 30.4 Å². The predicted octanol–water partition coefficient (Wildman–Crippen LogP) is 5.85. The number of rotatable bonds is 14. The number of aromatic amines is 2. The number of nitrogens with one attached hydrogen (secondary N) is 2. The van der Waals surface area contributed by atoms with Gasteiger partial charge in [-0.05, 0) is 78.7 Å². The van der Waals surface area contributed by atoms with Crippen LogP contribution >= 0.6 is 11.6 Å². The minimum absolute atomic E-state index is 0.0228. The molecule has 0 amide bonds. The Kier molecular flexibility index (Phi) is 12.7. The molecule has 0 aliphatic heterocycles. The van der Waals surface area contributed by atoms with Gasteiger partial charge in [0.05, 0.1) is 52.0 Å². The Morgan fingerprint density at radius 3 is 1.69 bits per heavy atom. The van der Waals surface area contributed by atoms with Crippen molar-refractivity contribution >= 4 is 76.1 Å². The van der Waals surface area contributed by atoms with E-state index in [0.717, 1.165) is 12.1 Å². The van der Waals surface area contributed by atoms with Crippen molar-refractivity contribution in [2.45, 2.75) is 16.2 Å². The van der Waals surface area contributed by atoms with Crippen LogP contribution in [0.2, 0.25) is 5.28 Å². The minimum Gasteiger partial charge on any atom is -0.494 e. The third kappa shape index (κ3) is 12.2. The van der Waals surface area contributed by atoms with Crippen LogP contribution in [0.5, 0.6) is 11.5 Å². The lowest BCUT2D eigenvalue weighted by Gasteiger charge is -2.09. The Hall–Kier alpha value is -5.69. The van der Waals surface area contributed by atoms with Gasteiger partial charge in [-0.25, -0.2) is 9.98 Å². The van der Waals surface area contributed by atoms with E-state index in [1.54, 1.807) is 12.1 Å². The van der Waals surface area contributed by atoms with E-state index in [4.69, 9.17) is 25.6 Å². The molecule has 24 heteroatoms. The van der Waals surface area contributed by atoms with E-state index in [1.807, 2.05) is 0 Å². The van der Waals surface area contributed by atoms with Crippen LogP contribution in [-0.2, 0) is 30.4 Å². The molecule has 0 spiro atoms. The molecule has 55 heavy (non-hydrogen) atoms. The first kappa shape index (κ1) is 40.5. The van der Waals surface area contributed by atoms with E-state index in [1.165, 1.54) is 67.8 Å². The van der Waals surface area contributed by atoms with Crippen LogP contribution in [0.15, 0.2) is 125 Å². The van der Waals surface area contributed by atoms with Gasteiger partial charge >= 0.3 is 0 Å². The molecule has 1 aromatic heterocycles. The summed E-state index contributed by atoms with van der Waals surface area (Å²) in [5.74, 6) is -0.216. The van der Waals surface area contributed by atoms with Crippen molar-refractivity contribution in [3.8, 4) is 11.5 Å². The average molecular weight is 834 g/mol. The average Bonchev–Trinajstić information content (AvgIpc) is 3.12. The standard InChI is InChI=1S/C31H28ClN9O11S3/c1-51-27-17-21(40-38-19-5-2-7-23(15-19)54(45,46)47)9-11-25(27)33-30-35-29(32)36-31(37-30)34-26-12-10-22(18-28(26)52-13-4-14-53(42,43)44)41-39-20-6-3-8-24(16-20)55(48,49)50/h2-3,5-12,15-18H,4,13-14H2,1H3,(H,42,43,44)(H,45,46,47)(H,48,49,50)(H2,33,34,35,36,37). The molecular weight excluding hydrogens is 806 g/mol. The van der Waals surface area contributed by atoms with E-state index in [0.29, 0.717) is 5.69 Å². The number of nitrogens with zero attached hydrogens (tertiary/aromatic N) is 7. The summed E-state index contributed by atoms with van der Waals surface area (Å²) in [6, 6.07) is 19.4. The molecule has 5 aromatic rings. The van der Waals surface area contributed by atoms with Gasteiger partial charge in [0.2, 0.25) is 16.5 Å². The Morgan fingerprint density at radius 1 is 0.673 bits per heavy atom. The molecule has 5 rings (SSSR count). The normalized spacial score (nSPS) is 13.2. The molecule has 4 aromatic carbocycles. The summed E-state index contributed by atoms with van der Waals surface area (Å²) in [5, 5.41) is 16.1. The predicted molar refractivity (Wildman–Crippen MR) is 195 cm³/mol. The zero-order chi connectivity index (χ0) is 39.8. The molecule has 0 atom stereocenters. The monoisotopic (exact) mass is 833 g/mol. The van der Waals surface area contributed by atoms with Gasteiger partial charge in [0.15, 0.2) is 0 Å². The summed E-state index contributed by atoms with van der Waals surface area (Å²) < 4.78 is 107. The maximum absolute atomic E-state index is 11.5. The number of methoxy groups -OCH3 is 1. The molecule has 0 radical (unpaired) electrons. The Bertz CT molecular complexity index is 2770. The second-order valence-electron chi connectivity index (χ2n) is 10.9. The van der Waals surface area contributed by atoms with Crippen molar-refractivity contribution in [2.75, 3.05) is 19.5 Å². The van der Waals surface area contributed by atoms with E-state index in [2.05, 4.69) is 45.4 Å². The van der Waals surface area contributed by atoms with Crippen LogP contribution in [0.1, 0.15) is 6.42 Å². The highest BCUT2D eigenvalue weighted by Crippen LogP contribution is 2.34. The highest BCUT2D eigenvalue weighted by Gasteiger charge is 2.12. The molecule has 0 aliphatic carbocycles. The van der Waals surface area contributed by atoms with Crippen LogP contribution in [0.25, 0.3) is 0 Å². The number of hydrogen-bond acceptors (Lipinski definition) is 15. The van der Waals surface area contributed by atoms with Gasteiger partial charge in [0.1, 0.15) is 22.9 Å². The third-order valence-electron chi connectivity index (χ3n) is 6.82. The lowest BCUT2D eigenvalue weighted by molar-refractivity contribution is 0.317. The van der Waals surface area contributed by atoms with Crippen molar-refractivity contribution in [1.29, 1.82) is 0 Å². The van der Waals surface area contributed by atoms with Gasteiger partial charge in [0, 0.05) is 12.1 Å². The summed E-state index contributed by atoms with van der Waals surface area (Å²) >= 11 is 6.26. The molecule has 0 fully saturated rings. The summed E-state index contributed by atoms with van der Waals surface area (Å²) in [5.41, 5.74) is 1.31. The summed E-state index contributed by atoms with van der Waals surface area (Å²) in [7, 11) is -11.8. The molecule has 0 saturated carbocycles. The Labute approximate surface area is 317 Å². The van der Waals surface area contributed by atoms with Crippen LogP contribution in [-0.4, -0.2) is 73.3 Å². The molecule has 0 bridgehead atoms. The molecular formula is C31H28ClN9O11S3. The Balaban J connectivity index is 1.46. The SMILES string of the molecule is COc1cc(N=Nc2cccc(S(=O)(=O)O)c2)ccc1N=c1nc(Cl)[nH]c(=Nc2ccc(N=Nc3cccc(S(=O)(=O)O)c3)cc2OCCCS(=O)(=O)O)[nH]1. The molecule has 0 saturated heterocycles. The molecule has 0 aliphatic rings. The van der Waals surface area contributed by atoms with E-state index in [9.17, 15) is 34.4 Å². The summed E-state index contributed by atoms with van der Waals surface area (Å²) in [6.07, 6.45) is -0.0714. The fourth-order valence-electron chi connectivity index (χ4n) is 4.39. The van der Waals surface area contributed by atoms with Crippen molar-refractivity contribution in [3.05, 3.63) is 101 Å². The van der Waals surface area contributed by atoms with Crippen molar-refractivity contribution in [1.82, 2.24) is 15.0 Å². The molecule has 1 heterocycles. The fourth-order valence-corrected chi connectivity index (χ4v) is 6.08. The number of aromatic nitrogens is 3. The van der Waals surface area contributed by atoms with Crippen LogP contribution in [0, 0.1) is 0 Å². The molecule has 5 N–H and O–H groups in total. The van der Waals surface area contributed by atoms with E-state index in [-0.39, 0.29) is 79.3 Å². The van der Waals surface area contributed by atoms with Gasteiger partial charge in [-0.3, -0.25) is 18.6 Å². The molecule has 288 valence electrons. The third-order valence-corrected chi connectivity index (χ3v) is 9.50. The van der Waals surface area contributed by atoms with Gasteiger partial charge < -0.3 is 14.5 Å². The summed E-state index contributed by atoms with van der Waals surface area (Å²) in [6.45, 7) is -0.156. The summed E-state index contributed by atoms with van der Waals surface area (Å²) in [4.78, 5) is 18.0. The van der Waals surface area contributed by atoms with Crippen LogP contribution in [0.4, 0.5) is 34.1 Å². The zero-order valence-electron chi connectivity index (χ0n) is 28.0. The van der Waals surface area contributed by atoms with Crippen molar-refractivity contribution < 1.29 is 48.4 Å². The number of H-pyrrole nitrogens is 2. The van der Waals surface area contributed by atoms with E-state index >= 15 is 0 Å². The zero-order valence-corrected chi connectivity index (χ0v) is 31.3. The topological polar surface area (TPSA) is 300 Å². The molecule has 0 unspecified atom stereocenters. The van der Waals surface area contributed by atoms with Crippen LogP contribution in [0.3, 0.4) is 0 Å². The smallest absolute Gasteiger partial charge is 0.294 e. The molecule has 20 nitrogen and oxygen atoms in total. The van der Waals surface area contributed by atoms with Crippen molar-refractivity contribution in [2.24, 2.45) is 30.4 Å². The van der Waals surface area contributed by atoms with Gasteiger partial charge in [-0.2, -0.15) is 50.7 Å². The Morgan fingerprint density at radius 2 is 1.18 bits per heavy atom. The second-order valence-corrected chi connectivity index (χ2v) is 15.7. The number of ether oxygens (including phenoxy) is 2. The quantitative estimate of drug-likeness (QED) is 0.0500. The largest absolute Gasteiger partial charge is 0.494 e. The lowest BCUT2D eigenvalue weighted by atomic mass is 10.2. The first-order valence-corrected chi connectivity index (χ1v) is 20.2. The minimum atomic E-state index is -4.47. The maximum atomic E-state index is 11.5. The first-order chi connectivity index (χ1) is 25.9.